The summed E-state index contributed by atoms with van der Waals surface area (Å²) in [6, 6.07) is 8.72. The number of nitro groups is 1. The molecule has 2 N–H and O–H groups in total. The van der Waals surface area contributed by atoms with E-state index in [1.807, 2.05) is 4.90 Å². The molecule has 29 heavy (non-hydrogen) atoms. The van der Waals surface area contributed by atoms with Gasteiger partial charge in [0.15, 0.2) is 9.84 Å². The molecule has 1 aliphatic rings. The Hall–Kier alpha value is -2.72. The first-order valence-corrected chi connectivity index (χ1v) is 11.0. The van der Waals surface area contributed by atoms with Crippen molar-refractivity contribution in [1.82, 2.24) is 0 Å². The highest BCUT2D eigenvalue weighted by atomic mass is 32.2. The van der Waals surface area contributed by atoms with Crippen molar-refractivity contribution in [3.8, 4) is 0 Å². The van der Waals surface area contributed by atoms with Crippen molar-refractivity contribution in [3.05, 3.63) is 57.9 Å². The lowest BCUT2D eigenvalue weighted by atomic mass is 10.1. The highest BCUT2D eigenvalue weighted by molar-refractivity contribution is 7.90. The van der Waals surface area contributed by atoms with Crippen molar-refractivity contribution in [2.24, 2.45) is 0 Å². The minimum atomic E-state index is -3.78. The Morgan fingerprint density at radius 1 is 1.28 bits per heavy atom. The van der Waals surface area contributed by atoms with Gasteiger partial charge in [0.1, 0.15) is 16.4 Å². The molecule has 156 valence electrons. The van der Waals surface area contributed by atoms with Crippen LogP contribution in [0.4, 0.5) is 21.5 Å². The number of nitro benzene ring substituents is 1. The standard InChI is InChI=1S/C19H22FN3O5S/c1-29(27,28)18-4-2-3-16(19(18)23(25)26)21-12-13-5-6-17(15(20)11-13)22-9-7-14(24)8-10-22/h2-6,11,14,21,24H,7-10,12H2,1H3. The normalized spacial score (nSPS) is 15.3. The molecule has 2 aromatic carbocycles. The van der Waals surface area contributed by atoms with Crippen LogP contribution in [0.3, 0.4) is 0 Å². The third-order valence-corrected chi connectivity index (χ3v) is 6.01. The molecule has 0 amide bonds. The van der Waals surface area contributed by atoms with Gasteiger partial charge in [0.2, 0.25) is 0 Å². The van der Waals surface area contributed by atoms with E-state index >= 15 is 0 Å². The Morgan fingerprint density at radius 3 is 2.55 bits per heavy atom. The molecule has 10 heteroatoms. The molecule has 0 spiro atoms. The Morgan fingerprint density at radius 2 is 1.97 bits per heavy atom. The van der Waals surface area contributed by atoms with Gasteiger partial charge in [-0.25, -0.2) is 12.8 Å². The molecule has 2 aromatic rings. The second-order valence-electron chi connectivity index (χ2n) is 7.04. The number of halogens is 1. The molecule has 3 rings (SSSR count). The quantitative estimate of drug-likeness (QED) is 0.542. The Kier molecular flexibility index (Phi) is 6.04. The maximum atomic E-state index is 14.6. The molecule has 0 unspecified atom stereocenters. The van der Waals surface area contributed by atoms with Gasteiger partial charge in [0.05, 0.1) is 16.7 Å². The van der Waals surface area contributed by atoms with Crippen molar-refractivity contribution in [2.45, 2.75) is 30.4 Å². The number of sulfone groups is 1. The largest absolute Gasteiger partial charge is 0.393 e. The molecule has 0 bridgehead atoms. The molecule has 1 aliphatic heterocycles. The maximum Gasteiger partial charge on any atom is 0.310 e. The van der Waals surface area contributed by atoms with Gasteiger partial charge in [-0.2, -0.15) is 0 Å². The van der Waals surface area contributed by atoms with Crippen molar-refractivity contribution in [3.63, 3.8) is 0 Å². The summed E-state index contributed by atoms with van der Waals surface area (Å²) in [5.74, 6) is -0.417. The van der Waals surface area contributed by atoms with E-state index in [4.69, 9.17) is 0 Å². The van der Waals surface area contributed by atoms with Crippen LogP contribution in [0.2, 0.25) is 0 Å². The molecule has 0 aliphatic carbocycles. The van der Waals surface area contributed by atoms with E-state index in [2.05, 4.69) is 5.32 Å². The third-order valence-electron chi connectivity index (χ3n) is 4.88. The number of hydrogen-bond acceptors (Lipinski definition) is 7. The van der Waals surface area contributed by atoms with Crippen LogP contribution in [0.1, 0.15) is 18.4 Å². The molecule has 0 aromatic heterocycles. The Balaban J connectivity index is 1.79. The molecule has 0 radical (unpaired) electrons. The van der Waals surface area contributed by atoms with Crippen molar-refractivity contribution < 1.29 is 22.8 Å². The van der Waals surface area contributed by atoms with E-state index in [1.54, 1.807) is 12.1 Å². The highest BCUT2D eigenvalue weighted by Crippen LogP contribution is 2.32. The van der Waals surface area contributed by atoms with Crippen LogP contribution in [0.25, 0.3) is 0 Å². The summed E-state index contributed by atoms with van der Waals surface area (Å²) in [7, 11) is -3.78. The second kappa shape index (κ2) is 8.34. The van der Waals surface area contributed by atoms with Crippen molar-refractivity contribution in [1.29, 1.82) is 0 Å². The zero-order valence-corrected chi connectivity index (χ0v) is 16.7. The summed E-state index contributed by atoms with van der Waals surface area (Å²) in [5, 5.41) is 23.8. The lowest BCUT2D eigenvalue weighted by molar-refractivity contribution is -0.386. The fraction of sp³-hybridized carbons (Fsp3) is 0.368. The fourth-order valence-corrected chi connectivity index (χ4v) is 4.23. The van der Waals surface area contributed by atoms with Crippen LogP contribution in [0.15, 0.2) is 41.3 Å². The predicted octanol–water partition coefficient (Wildman–Crippen LogP) is 2.71. The Labute approximate surface area is 168 Å². The minimum absolute atomic E-state index is 0.0485. The number of hydrogen-bond donors (Lipinski definition) is 2. The van der Waals surface area contributed by atoms with Gasteiger partial charge in [0, 0.05) is 25.9 Å². The number of nitrogens with one attached hydrogen (secondary N) is 1. The first-order valence-electron chi connectivity index (χ1n) is 9.09. The summed E-state index contributed by atoms with van der Waals surface area (Å²) in [6.07, 6.45) is 1.73. The van der Waals surface area contributed by atoms with Crippen LogP contribution in [0.5, 0.6) is 0 Å². The maximum absolute atomic E-state index is 14.6. The van der Waals surface area contributed by atoms with Crippen molar-refractivity contribution >= 4 is 26.9 Å². The van der Waals surface area contributed by atoms with E-state index in [9.17, 15) is 28.0 Å². The van der Waals surface area contributed by atoms with Crippen LogP contribution in [-0.4, -0.2) is 43.9 Å². The van der Waals surface area contributed by atoms with E-state index < -0.39 is 26.3 Å². The third kappa shape index (κ3) is 4.83. The van der Waals surface area contributed by atoms with E-state index in [1.165, 1.54) is 24.3 Å². The highest BCUT2D eigenvalue weighted by Gasteiger charge is 2.26. The number of aliphatic hydroxyl groups excluding tert-OH is 1. The van der Waals surface area contributed by atoms with Crippen LogP contribution in [-0.2, 0) is 16.4 Å². The molecular formula is C19H22FN3O5S. The minimum Gasteiger partial charge on any atom is -0.393 e. The molecule has 1 saturated heterocycles. The van der Waals surface area contributed by atoms with Gasteiger partial charge in [-0.05, 0) is 42.7 Å². The zero-order chi connectivity index (χ0) is 21.2. The predicted molar refractivity (Wildman–Crippen MR) is 107 cm³/mol. The van der Waals surface area contributed by atoms with E-state index in [0.29, 0.717) is 37.2 Å². The first kappa shape index (κ1) is 21.0. The number of aliphatic hydroxyl groups is 1. The van der Waals surface area contributed by atoms with Gasteiger partial charge in [0.25, 0.3) is 0 Å². The van der Waals surface area contributed by atoms with Gasteiger partial charge < -0.3 is 15.3 Å². The summed E-state index contributed by atoms with van der Waals surface area (Å²) in [6.45, 7) is 1.23. The average molecular weight is 423 g/mol. The summed E-state index contributed by atoms with van der Waals surface area (Å²) >= 11 is 0. The number of anilines is 2. The number of nitrogens with zero attached hydrogens (tertiary/aromatic N) is 2. The average Bonchev–Trinajstić information content (AvgIpc) is 2.66. The smallest absolute Gasteiger partial charge is 0.310 e. The SMILES string of the molecule is CS(=O)(=O)c1cccc(NCc2ccc(N3CCC(O)CC3)c(F)c2)c1[N+](=O)[O-]. The summed E-state index contributed by atoms with van der Waals surface area (Å²) in [5.41, 5.74) is 0.527. The Bertz CT molecular complexity index is 1020. The molecular weight excluding hydrogens is 401 g/mol. The zero-order valence-electron chi connectivity index (χ0n) is 15.8. The topological polar surface area (TPSA) is 113 Å². The van der Waals surface area contributed by atoms with Crippen LogP contribution in [0, 0.1) is 15.9 Å². The van der Waals surface area contributed by atoms with Crippen LogP contribution >= 0.6 is 0 Å². The number of para-hydroxylation sites is 1. The van der Waals surface area contributed by atoms with Gasteiger partial charge >= 0.3 is 5.69 Å². The van der Waals surface area contributed by atoms with Gasteiger partial charge in [-0.1, -0.05) is 12.1 Å². The number of benzene rings is 2. The van der Waals surface area contributed by atoms with E-state index in [-0.39, 0.29) is 23.2 Å². The van der Waals surface area contributed by atoms with Crippen molar-refractivity contribution in [2.75, 3.05) is 29.6 Å². The second-order valence-corrected chi connectivity index (χ2v) is 9.02. The summed E-state index contributed by atoms with van der Waals surface area (Å²) < 4.78 is 38.2. The van der Waals surface area contributed by atoms with E-state index in [0.717, 1.165) is 6.26 Å². The lowest BCUT2D eigenvalue weighted by Crippen LogP contribution is -2.36. The fourth-order valence-electron chi connectivity index (χ4n) is 3.37. The first-order chi connectivity index (χ1) is 13.7. The molecule has 1 heterocycles. The molecule has 1 fully saturated rings. The molecule has 0 atom stereocenters. The molecule has 8 nitrogen and oxygen atoms in total. The van der Waals surface area contributed by atoms with Gasteiger partial charge in [-0.3, -0.25) is 10.1 Å². The van der Waals surface area contributed by atoms with Gasteiger partial charge in [-0.15, -0.1) is 0 Å². The monoisotopic (exact) mass is 423 g/mol. The number of rotatable bonds is 6. The lowest BCUT2D eigenvalue weighted by Gasteiger charge is -2.31. The molecule has 0 saturated carbocycles. The van der Waals surface area contributed by atoms with Crippen LogP contribution < -0.4 is 10.2 Å². The summed E-state index contributed by atoms with van der Waals surface area (Å²) in [4.78, 5) is 12.2. The number of piperidine rings is 1.